The first kappa shape index (κ1) is 14.3. The molecule has 0 atom stereocenters. The second-order valence-corrected chi connectivity index (χ2v) is 5.05. The third-order valence-corrected chi connectivity index (χ3v) is 3.14. The van der Waals surface area contributed by atoms with Gasteiger partial charge in [-0.05, 0) is 12.1 Å². The second-order valence-electron chi connectivity index (χ2n) is 5.05. The Morgan fingerprint density at radius 3 is 2.70 bits per heavy atom. The monoisotopic (exact) mass is 273 g/mol. The first-order valence-electron chi connectivity index (χ1n) is 6.67. The number of nitro groups is 1. The lowest BCUT2D eigenvalue weighted by atomic mass is 10.2. The average Bonchev–Trinajstić information content (AvgIpc) is 2.84. The van der Waals surface area contributed by atoms with Crippen molar-refractivity contribution < 1.29 is 4.92 Å². The van der Waals surface area contributed by atoms with E-state index in [2.05, 4.69) is 19.2 Å². The maximum atomic E-state index is 11.0. The zero-order valence-electron chi connectivity index (χ0n) is 11.7. The maximum Gasteiger partial charge on any atom is 0.274 e. The summed E-state index contributed by atoms with van der Waals surface area (Å²) in [6.45, 7) is 5.45. The Hall–Kier alpha value is -2.14. The highest BCUT2D eigenvalue weighted by Crippen LogP contribution is 2.19. The zero-order chi connectivity index (χ0) is 14.5. The molecule has 5 heteroatoms. The Balaban J connectivity index is 2.19. The van der Waals surface area contributed by atoms with Crippen LogP contribution in [0.2, 0.25) is 0 Å². The van der Waals surface area contributed by atoms with E-state index in [-0.39, 0.29) is 10.6 Å². The number of hydrogen-bond donors (Lipinski definition) is 1. The van der Waals surface area contributed by atoms with Gasteiger partial charge in [-0.1, -0.05) is 32.0 Å². The van der Waals surface area contributed by atoms with Gasteiger partial charge in [0, 0.05) is 36.1 Å². The standard InChI is InChI=1S/C15H19N3O2/c1-12(2)16-10-14-7-5-9-17(14)11-13-6-3-4-8-15(13)18(19)20/h3-9,12,16H,10-11H2,1-2H3. The van der Waals surface area contributed by atoms with Crippen LogP contribution in [0.25, 0.3) is 0 Å². The number of nitrogens with zero attached hydrogens (tertiary/aromatic N) is 2. The summed E-state index contributed by atoms with van der Waals surface area (Å²) < 4.78 is 2.04. The van der Waals surface area contributed by atoms with Gasteiger partial charge in [0.25, 0.3) is 5.69 Å². The van der Waals surface area contributed by atoms with Crippen molar-refractivity contribution in [2.24, 2.45) is 0 Å². The number of rotatable bonds is 6. The second kappa shape index (κ2) is 6.34. The van der Waals surface area contributed by atoms with Crippen LogP contribution in [-0.4, -0.2) is 15.5 Å². The van der Waals surface area contributed by atoms with Crippen molar-refractivity contribution in [2.75, 3.05) is 0 Å². The topological polar surface area (TPSA) is 60.1 Å². The Bertz CT molecular complexity index is 590. The average molecular weight is 273 g/mol. The predicted octanol–water partition coefficient (Wildman–Crippen LogP) is 2.94. The molecule has 0 fully saturated rings. The molecule has 0 aliphatic rings. The summed E-state index contributed by atoms with van der Waals surface area (Å²) in [4.78, 5) is 10.7. The number of aromatic nitrogens is 1. The van der Waals surface area contributed by atoms with Crippen molar-refractivity contribution in [3.8, 4) is 0 Å². The van der Waals surface area contributed by atoms with E-state index >= 15 is 0 Å². The van der Waals surface area contributed by atoms with Gasteiger partial charge in [0.2, 0.25) is 0 Å². The molecule has 1 aromatic heterocycles. The van der Waals surface area contributed by atoms with Gasteiger partial charge in [-0.2, -0.15) is 0 Å². The molecule has 5 nitrogen and oxygen atoms in total. The summed E-state index contributed by atoms with van der Waals surface area (Å²) in [5.74, 6) is 0. The van der Waals surface area contributed by atoms with E-state index < -0.39 is 0 Å². The molecule has 0 spiro atoms. The SMILES string of the molecule is CC(C)NCc1cccn1Cc1ccccc1[N+](=O)[O-]. The Morgan fingerprint density at radius 2 is 2.00 bits per heavy atom. The van der Waals surface area contributed by atoms with Crippen molar-refractivity contribution in [1.29, 1.82) is 0 Å². The van der Waals surface area contributed by atoms with Crippen LogP contribution in [0.4, 0.5) is 5.69 Å². The zero-order valence-corrected chi connectivity index (χ0v) is 11.7. The normalized spacial score (nSPS) is 10.9. The van der Waals surface area contributed by atoms with Gasteiger partial charge in [0.1, 0.15) is 0 Å². The van der Waals surface area contributed by atoms with Gasteiger partial charge in [-0.15, -0.1) is 0 Å². The van der Waals surface area contributed by atoms with Crippen LogP contribution >= 0.6 is 0 Å². The summed E-state index contributed by atoms with van der Waals surface area (Å²) in [5.41, 5.74) is 2.01. The molecule has 0 amide bonds. The molecule has 0 radical (unpaired) electrons. The lowest BCUT2D eigenvalue weighted by Crippen LogP contribution is -2.23. The van der Waals surface area contributed by atoms with Gasteiger partial charge in [-0.25, -0.2) is 0 Å². The number of hydrogen-bond acceptors (Lipinski definition) is 3. The van der Waals surface area contributed by atoms with Crippen molar-refractivity contribution in [2.45, 2.75) is 33.0 Å². The maximum absolute atomic E-state index is 11.0. The molecular weight excluding hydrogens is 254 g/mol. The minimum atomic E-state index is -0.328. The first-order valence-corrected chi connectivity index (χ1v) is 6.67. The fourth-order valence-corrected chi connectivity index (χ4v) is 2.08. The molecule has 0 saturated carbocycles. The molecule has 0 bridgehead atoms. The molecule has 1 heterocycles. The molecule has 1 N–H and O–H groups in total. The van der Waals surface area contributed by atoms with E-state index in [1.807, 2.05) is 29.0 Å². The molecule has 1 aromatic carbocycles. The molecule has 20 heavy (non-hydrogen) atoms. The fraction of sp³-hybridized carbons (Fsp3) is 0.333. The minimum Gasteiger partial charge on any atom is -0.346 e. The summed E-state index contributed by atoms with van der Waals surface area (Å²) in [6, 6.07) is 11.3. The molecular formula is C15H19N3O2. The fourth-order valence-electron chi connectivity index (χ4n) is 2.08. The minimum absolute atomic E-state index is 0.170. The molecule has 2 aromatic rings. The third kappa shape index (κ3) is 3.45. The molecule has 0 aliphatic heterocycles. The van der Waals surface area contributed by atoms with E-state index in [4.69, 9.17) is 0 Å². The van der Waals surface area contributed by atoms with Crippen LogP contribution in [0.1, 0.15) is 25.1 Å². The molecule has 106 valence electrons. The van der Waals surface area contributed by atoms with E-state index in [9.17, 15) is 10.1 Å². The third-order valence-electron chi connectivity index (χ3n) is 3.14. The van der Waals surface area contributed by atoms with Crippen LogP contribution in [0.5, 0.6) is 0 Å². The summed E-state index contributed by atoms with van der Waals surface area (Å²) in [6.07, 6.45) is 1.95. The first-order chi connectivity index (χ1) is 9.58. The quantitative estimate of drug-likeness (QED) is 0.650. The number of benzene rings is 1. The van der Waals surface area contributed by atoms with E-state index in [0.29, 0.717) is 12.6 Å². The smallest absolute Gasteiger partial charge is 0.274 e. The van der Waals surface area contributed by atoms with Gasteiger partial charge in [-0.3, -0.25) is 10.1 Å². The lowest BCUT2D eigenvalue weighted by molar-refractivity contribution is -0.385. The molecule has 0 unspecified atom stereocenters. The molecule has 0 aliphatic carbocycles. The van der Waals surface area contributed by atoms with E-state index in [0.717, 1.165) is 17.8 Å². The largest absolute Gasteiger partial charge is 0.346 e. The highest BCUT2D eigenvalue weighted by molar-refractivity contribution is 5.40. The Kier molecular flexibility index (Phi) is 4.53. The van der Waals surface area contributed by atoms with Crippen LogP contribution in [0, 0.1) is 10.1 Å². The van der Waals surface area contributed by atoms with Crippen LogP contribution in [0.3, 0.4) is 0 Å². The van der Waals surface area contributed by atoms with Gasteiger partial charge < -0.3 is 9.88 Å². The summed E-state index contributed by atoms with van der Waals surface area (Å²) in [5, 5.41) is 14.4. The van der Waals surface area contributed by atoms with Crippen LogP contribution < -0.4 is 5.32 Å². The van der Waals surface area contributed by atoms with Crippen molar-refractivity contribution in [1.82, 2.24) is 9.88 Å². The van der Waals surface area contributed by atoms with Crippen molar-refractivity contribution in [3.63, 3.8) is 0 Å². The highest BCUT2D eigenvalue weighted by atomic mass is 16.6. The van der Waals surface area contributed by atoms with E-state index in [1.165, 1.54) is 0 Å². The number of nitrogens with one attached hydrogen (secondary N) is 1. The van der Waals surface area contributed by atoms with Gasteiger partial charge in [0.05, 0.1) is 11.5 Å². The van der Waals surface area contributed by atoms with E-state index in [1.54, 1.807) is 18.2 Å². The van der Waals surface area contributed by atoms with Crippen molar-refractivity contribution >= 4 is 5.69 Å². The number of para-hydroxylation sites is 1. The van der Waals surface area contributed by atoms with Crippen molar-refractivity contribution in [3.05, 3.63) is 64.0 Å². The van der Waals surface area contributed by atoms with Gasteiger partial charge >= 0.3 is 0 Å². The van der Waals surface area contributed by atoms with Gasteiger partial charge in [0.15, 0.2) is 0 Å². The summed E-state index contributed by atoms with van der Waals surface area (Å²) in [7, 11) is 0. The Labute approximate surface area is 118 Å². The lowest BCUT2D eigenvalue weighted by Gasteiger charge is -2.12. The molecule has 0 saturated heterocycles. The van der Waals surface area contributed by atoms with Crippen LogP contribution in [0.15, 0.2) is 42.6 Å². The summed E-state index contributed by atoms with van der Waals surface area (Å²) >= 11 is 0. The highest BCUT2D eigenvalue weighted by Gasteiger charge is 2.13. The molecule has 2 rings (SSSR count). The predicted molar refractivity (Wildman–Crippen MR) is 78.6 cm³/mol. The number of nitro benzene ring substituents is 1. The van der Waals surface area contributed by atoms with Crippen LogP contribution in [-0.2, 0) is 13.1 Å². The Morgan fingerprint density at radius 1 is 1.25 bits per heavy atom.